The summed E-state index contributed by atoms with van der Waals surface area (Å²) in [6.07, 6.45) is 1.58. The Balaban J connectivity index is 0.00000176. The van der Waals surface area contributed by atoms with Crippen LogP contribution in [0.2, 0.25) is 0 Å². The molecule has 1 aliphatic rings. The molecule has 8 nitrogen and oxygen atoms in total. The number of anilines is 1. The van der Waals surface area contributed by atoms with Crippen molar-refractivity contribution in [3.63, 3.8) is 0 Å². The van der Waals surface area contributed by atoms with Crippen molar-refractivity contribution in [2.45, 2.75) is 27.2 Å². The monoisotopic (exact) mass is 437 g/mol. The summed E-state index contributed by atoms with van der Waals surface area (Å²) in [5.41, 5.74) is 3.53. The molecule has 0 radical (unpaired) electrons. The SMILES string of the molecule is CC.Cc1ccc2c(c1)CC(C(=O)Nc1ccc(/C(C=N)=N/N)cc1C(=O)N(C)C)CO2. The van der Waals surface area contributed by atoms with E-state index in [-0.39, 0.29) is 30.1 Å². The molecule has 1 atom stereocenters. The van der Waals surface area contributed by atoms with Gasteiger partial charge in [-0.05, 0) is 37.1 Å². The second kappa shape index (κ2) is 11.1. The third kappa shape index (κ3) is 5.51. The van der Waals surface area contributed by atoms with Gasteiger partial charge in [0.15, 0.2) is 0 Å². The van der Waals surface area contributed by atoms with Crippen molar-refractivity contribution < 1.29 is 14.3 Å². The molecule has 4 N–H and O–H groups in total. The molecule has 2 aromatic carbocycles. The fraction of sp³-hybridized carbons (Fsp3) is 0.333. The Bertz CT molecular complexity index is 1030. The Morgan fingerprint density at radius 3 is 2.56 bits per heavy atom. The van der Waals surface area contributed by atoms with Gasteiger partial charge >= 0.3 is 0 Å². The molecule has 2 amide bonds. The summed E-state index contributed by atoms with van der Waals surface area (Å²) in [5.74, 6) is 5.25. The first kappa shape index (κ1) is 24.6. The number of carbonyl (C=O) groups excluding carboxylic acids is 2. The van der Waals surface area contributed by atoms with Crippen LogP contribution in [0.5, 0.6) is 5.75 Å². The van der Waals surface area contributed by atoms with Gasteiger partial charge in [0.05, 0.1) is 17.2 Å². The van der Waals surface area contributed by atoms with Gasteiger partial charge in [-0.25, -0.2) is 0 Å². The highest BCUT2D eigenvalue weighted by Gasteiger charge is 2.27. The molecule has 1 heterocycles. The zero-order valence-electron chi connectivity index (χ0n) is 19.2. The maximum atomic E-state index is 12.9. The Morgan fingerprint density at radius 2 is 1.94 bits per heavy atom. The van der Waals surface area contributed by atoms with Gasteiger partial charge in [0.2, 0.25) is 5.91 Å². The maximum Gasteiger partial charge on any atom is 0.255 e. The molecule has 0 aliphatic carbocycles. The first-order valence-corrected chi connectivity index (χ1v) is 10.5. The molecule has 1 unspecified atom stereocenters. The third-order valence-electron chi connectivity index (χ3n) is 4.98. The van der Waals surface area contributed by atoms with Crippen LogP contribution in [0.1, 0.15) is 40.9 Å². The molecule has 32 heavy (non-hydrogen) atoms. The quantitative estimate of drug-likeness (QED) is 0.378. The molecule has 170 valence electrons. The lowest BCUT2D eigenvalue weighted by atomic mass is 9.94. The molecule has 0 bridgehead atoms. The van der Waals surface area contributed by atoms with Crippen molar-refractivity contribution in [1.29, 1.82) is 5.41 Å². The van der Waals surface area contributed by atoms with E-state index in [1.54, 1.807) is 32.3 Å². The van der Waals surface area contributed by atoms with Gasteiger partial charge in [0.25, 0.3) is 5.91 Å². The number of hydrogen-bond donors (Lipinski definition) is 3. The van der Waals surface area contributed by atoms with Crippen molar-refractivity contribution >= 4 is 29.4 Å². The summed E-state index contributed by atoms with van der Waals surface area (Å²) in [6.45, 7) is 6.27. The molecular formula is C24H31N5O3. The van der Waals surface area contributed by atoms with Gasteiger partial charge in [-0.3, -0.25) is 9.59 Å². The fourth-order valence-electron chi connectivity index (χ4n) is 3.35. The van der Waals surface area contributed by atoms with Gasteiger partial charge in [-0.2, -0.15) is 5.10 Å². The van der Waals surface area contributed by atoms with Crippen molar-refractivity contribution in [3.8, 4) is 5.75 Å². The number of ether oxygens (including phenoxy) is 1. The molecule has 0 fully saturated rings. The van der Waals surface area contributed by atoms with E-state index in [4.69, 9.17) is 16.0 Å². The molecular weight excluding hydrogens is 406 g/mol. The molecule has 2 aromatic rings. The highest BCUT2D eigenvalue weighted by Crippen LogP contribution is 2.29. The summed E-state index contributed by atoms with van der Waals surface area (Å²) in [5, 5.41) is 13.8. The minimum atomic E-state index is -0.371. The predicted molar refractivity (Wildman–Crippen MR) is 128 cm³/mol. The second-order valence-electron chi connectivity index (χ2n) is 7.43. The predicted octanol–water partition coefficient (Wildman–Crippen LogP) is 3.23. The minimum absolute atomic E-state index is 0.220. The number of nitrogens with zero attached hydrogens (tertiary/aromatic N) is 2. The average Bonchev–Trinajstić information content (AvgIpc) is 2.80. The smallest absolute Gasteiger partial charge is 0.255 e. The average molecular weight is 438 g/mol. The zero-order chi connectivity index (χ0) is 23.8. The fourth-order valence-corrected chi connectivity index (χ4v) is 3.35. The van der Waals surface area contributed by atoms with Crippen LogP contribution >= 0.6 is 0 Å². The molecule has 0 spiro atoms. The van der Waals surface area contributed by atoms with E-state index in [0.717, 1.165) is 23.1 Å². The second-order valence-corrected chi connectivity index (χ2v) is 7.43. The highest BCUT2D eigenvalue weighted by atomic mass is 16.5. The van der Waals surface area contributed by atoms with Crippen LogP contribution in [-0.2, 0) is 11.2 Å². The standard InChI is InChI=1S/C22H25N5O3.C2H6/c1-13-4-7-20-15(8-13)9-16(12-30-20)21(28)25-18-6-5-14(19(11-23)26-24)10-17(18)22(29)27(2)3;1-2/h4-8,10-11,16,23H,9,12,24H2,1-3H3,(H,25,28);1-2H3/b23-11?,26-19+;. The van der Waals surface area contributed by atoms with Crippen LogP contribution in [-0.4, -0.2) is 49.3 Å². The van der Waals surface area contributed by atoms with Gasteiger partial charge in [0, 0.05) is 25.9 Å². The van der Waals surface area contributed by atoms with E-state index in [9.17, 15) is 9.59 Å². The van der Waals surface area contributed by atoms with Gasteiger partial charge in [0.1, 0.15) is 18.1 Å². The van der Waals surface area contributed by atoms with E-state index in [0.29, 0.717) is 23.2 Å². The highest BCUT2D eigenvalue weighted by molar-refractivity contribution is 6.37. The number of nitrogens with two attached hydrogens (primary N) is 1. The molecule has 3 rings (SSSR count). The normalized spacial score (nSPS) is 14.8. The third-order valence-corrected chi connectivity index (χ3v) is 4.98. The minimum Gasteiger partial charge on any atom is -0.492 e. The molecule has 0 saturated heterocycles. The van der Waals surface area contributed by atoms with E-state index >= 15 is 0 Å². The zero-order valence-corrected chi connectivity index (χ0v) is 19.2. The first-order valence-electron chi connectivity index (χ1n) is 10.5. The molecule has 0 saturated carbocycles. The number of benzene rings is 2. The summed E-state index contributed by atoms with van der Waals surface area (Å²) >= 11 is 0. The number of hydrogen-bond acceptors (Lipinski definition) is 6. The number of fused-ring (bicyclic) bond motifs is 1. The maximum absolute atomic E-state index is 12.9. The number of amides is 2. The van der Waals surface area contributed by atoms with Gasteiger partial charge < -0.3 is 26.2 Å². The van der Waals surface area contributed by atoms with Crippen molar-refractivity contribution in [1.82, 2.24) is 4.90 Å². The van der Waals surface area contributed by atoms with Crippen LogP contribution in [0.4, 0.5) is 5.69 Å². The van der Waals surface area contributed by atoms with Crippen LogP contribution in [0.15, 0.2) is 41.5 Å². The molecule has 0 aromatic heterocycles. The largest absolute Gasteiger partial charge is 0.492 e. The van der Waals surface area contributed by atoms with Crippen molar-refractivity contribution in [2.24, 2.45) is 16.9 Å². The Morgan fingerprint density at radius 1 is 1.22 bits per heavy atom. The topological polar surface area (TPSA) is 121 Å². The Hall–Kier alpha value is -3.68. The Kier molecular flexibility index (Phi) is 8.52. The summed E-state index contributed by atoms with van der Waals surface area (Å²) in [4.78, 5) is 27.1. The van der Waals surface area contributed by atoms with Crippen LogP contribution < -0.4 is 15.9 Å². The van der Waals surface area contributed by atoms with Gasteiger partial charge in [-0.1, -0.05) is 37.6 Å². The van der Waals surface area contributed by atoms with Crippen LogP contribution in [0.25, 0.3) is 0 Å². The van der Waals surface area contributed by atoms with Gasteiger partial charge in [-0.15, -0.1) is 0 Å². The number of rotatable bonds is 5. The molecule has 1 aliphatic heterocycles. The van der Waals surface area contributed by atoms with Crippen LogP contribution in [0, 0.1) is 18.3 Å². The van der Waals surface area contributed by atoms with Crippen molar-refractivity contribution in [2.75, 3.05) is 26.0 Å². The van der Waals surface area contributed by atoms with E-state index < -0.39 is 0 Å². The van der Waals surface area contributed by atoms with E-state index in [1.807, 2.05) is 39.0 Å². The van der Waals surface area contributed by atoms with E-state index in [1.165, 1.54) is 4.90 Å². The van der Waals surface area contributed by atoms with E-state index in [2.05, 4.69) is 10.4 Å². The number of nitrogens with one attached hydrogen (secondary N) is 2. The van der Waals surface area contributed by atoms with Crippen molar-refractivity contribution in [3.05, 3.63) is 58.7 Å². The summed E-state index contributed by atoms with van der Waals surface area (Å²) in [7, 11) is 3.26. The molecule has 8 heteroatoms. The lowest BCUT2D eigenvalue weighted by Crippen LogP contribution is -2.33. The summed E-state index contributed by atoms with van der Waals surface area (Å²) < 4.78 is 5.75. The van der Waals surface area contributed by atoms with Crippen LogP contribution in [0.3, 0.4) is 0 Å². The number of carbonyl (C=O) groups is 2. The Labute approximate surface area is 189 Å². The summed E-state index contributed by atoms with van der Waals surface area (Å²) in [6, 6.07) is 10.8. The first-order chi connectivity index (χ1) is 15.3. The number of hydrazone groups is 1. The lowest BCUT2D eigenvalue weighted by molar-refractivity contribution is -0.121. The lowest BCUT2D eigenvalue weighted by Gasteiger charge is -2.25. The number of aryl methyl sites for hydroxylation is 1.